The molecule has 3 nitrogen and oxygen atoms in total. The smallest absolute Gasteiger partial charge is 0.0733 e. The number of ether oxygens (including phenoxy) is 2. The molecule has 3 heteroatoms. The topological polar surface area (TPSA) is 30.5 Å². The first-order valence-electron chi connectivity index (χ1n) is 6.72. The normalized spacial score (nSPS) is 41.4. The number of nitrogens with one attached hydrogen (secondary N) is 1. The molecule has 0 aromatic heterocycles. The molecule has 3 atom stereocenters. The van der Waals surface area contributed by atoms with Gasteiger partial charge in [-0.15, -0.1) is 0 Å². The van der Waals surface area contributed by atoms with Crippen LogP contribution >= 0.6 is 0 Å². The summed E-state index contributed by atoms with van der Waals surface area (Å²) in [5.41, 5.74) is 0.445. The average molecular weight is 225 g/mol. The van der Waals surface area contributed by atoms with E-state index in [-0.39, 0.29) is 0 Å². The molecule has 92 valence electrons. The van der Waals surface area contributed by atoms with Crippen molar-refractivity contribution in [1.29, 1.82) is 0 Å². The molecule has 3 saturated heterocycles. The average Bonchev–Trinajstić information content (AvgIpc) is 2.89. The fourth-order valence-electron chi connectivity index (χ4n) is 3.27. The van der Waals surface area contributed by atoms with Crippen LogP contribution in [0.5, 0.6) is 0 Å². The third-order valence-corrected chi connectivity index (χ3v) is 4.60. The van der Waals surface area contributed by atoms with E-state index in [1.165, 1.54) is 32.1 Å². The van der Waals surface area contributed by atoms with E-state index in [9.17, 15) is 0 Å². The SMILES string of the molecule is CC1(CNC2CC3CCC2O3)CCOCC1. The highest BCUT2D eigenvalue weighted by Gasteiger charge is 2.41. The maximum absolute atomic E-state index is 5.87. The van der Waals surface area contributed by atoms with Crippen molar-refractivity contribution in [2.75, 3.05) is 19.8 Å². The van der Waals surface area contributed by atoms with Crippen LogP contribution in [0, 0.1) is 5.41 Å². The third kappa shape index (κ3) is 2.13. The van der Waals surface area contributed by atoms with Gasteiger partial charge < -0.3 is 14.8 Å². The van der Waals surface area contributed by atoms with Gasteiger partial charge in [0, 0.05) is 25.8 Å². The quantitative estimate of drug-likeness (QED) is 0.793. The highest BCUT2D eigenvalue weighted by Crippen LogP contribution is 2.35. The van der Waals surface area contributed by atoms with Crippen molar-refractivity contribution in [3.63, 3.8) is 0 Å². The molecule has 0 radical (unpaired) electrons. The molecule has 0 amide bonds. The van der Waals surface area contributed by atoms with Crippen LogP contribution < -0.4 is 5.32 Å². The van der Waals surface area contributed by atoms with Crippen molar-refractivity contribution < 1.29 is 9.47 Å². The molecule has 0 spiro atoms. The third-order valence-electron chi connectivity index (χ3n) is 4.60. The molecule has 1 N–H and O–H groups in total. The van der Waals surface area contributed by atoms with Gasteiger partial charge in [0.25, 0.3) is 0 Å². The number of hydrogen-bond donors (Lipinski definition) is 1. The summed E-state index contributed by atoms with van der Waals surface area (Å²) in [7, 11) is 0. The zero-order valence-corrected chi connectivity index (χ0v) is 10.2. The monoisotopic (exact) mass is 225 g/mol. The van der Waals surface area contributed by atoms with Crippen LogP contribution in [0.1, 0.15) is 39.0 Å². The second-order valence-corrected chi connectivity index (χ2v) is 6.02. The van der Waals surface area contributed by atoms with Crippen LogP contribution in [0.2, 0.25) is 0 Å². The summed E-state index contributed by atoms with van der Waals surface area (Å²) < 4.78 is 11.3. The highest BCUT2D eigenvalue weighted by atomic mass is 16.5. The van der Waals surface area contributed by atoms with Crippen molar-refractivity contribution in [2.45, 2.75) is 57.3 Å². The van der Waals surface area contributed by atoms with Crippen molar-refractivity contribution in [2.24, 2.45) is 5.41 Å². The van der Waals surface area contributed by atoms with Gasteiger partial charge in [-0.25, -0.2) is 0 Å². The molecule has 0 aromatic carbocycles. The molecule has 3 aliphatic rings. The van der Waals surface area contributed by atoms with Gasteiger partial charge >= 0.3 is 0 Å². The van der Waals surface area contributed by atoms with Gasteiger partial charge in [-0.2, -0.15) is 0 Å². The summed E-state index contributed by atoms with van der Waals surface area (Å²) in [6.07, 6.45) is 7.25. The summed E-state index contributed by atoms with van der Waals surface area (Å²) >= 11 is 0. The van der Waals surface area contributed by atoms with Gasteiger partial charge in [0.15, 0.2) is 0 Å². The molecular weight excluding hydrogens is 202 g/mol. The predicted octanol–water partition coefficient (Wildman–Crippen LogP) is 1.71. The van der Waals surface area contributed by atoms with Crippen LogP contribution in [-0.2, 0) is 9.47 Å². The van der Waals surface area contributed by atoms with Gasteiger partial charge in [0.1, 0.15) is 0 Å². The Labute approximate surface area is 97.9 Å². The molecule has 3 heterocycles. The molecular formula is C13H23NO2. The first-order chi connectivity index (χ1) is 7.75. The summed E-state index contributed by atoms with van der Waals surface area (Å²) in [6, 6.07) is 0.624. The molecule has 3 unspecified atom stereocenters. The minimum Gasteiger partial charge on any atom is -0.381 e. The Balaban J connectivity index is 1.49. The van der Waals surface area contributed by atoms with Gasteiger partial charge in [-0.1, -0.05) is 6.92 Å². The van der Waals surface area contributed by atoms with E-state index in [1.807, 2.05) is 0 Å². The van der Waals surface area contributed by atoms with Crippen molar-refractivity contribution in [3.8, 4) is 0 Å². The van der Waals surface area contributed by atoms with Crippen LogP contribution in [-0.4, -0.2) is 38.0 Å². The molecule has 0 saturated carbocycles. The lowest BCUT2D eigenvalue weighted by atomic mass is 9.82. The van der Waals surface area contributed by atoms with Crippen LogP contribution in [0.15, 0.2) is 0 Å². The van der Waals surface area contributed by atoms with E-state index >= 15 is 0 Å². The van der Waals surface area contributed by atoms with Crippen molar-refractivity contribution in [3.05, 3.63) is 0 Å². The van der Waals surface area contributed by atoms with E-state index in [0.717, 1.165) is 19.8 Å². The van der Waals surface area contributed by atoms with E-state index < -0.39 is 0 Å². The Kier molecular flexibility index (Phi) is 2.94. The summed E-state index contributed by atoms with van der Waals surface area (Å²) in [5, 5.41) is 3.74. The fourth-order valence-corrected chi connectivity index (χ4v) is 3.27. The Bertz CT molecular complexity index is 250. The zero-order chi connectivity index (χ0) is 11.0. The maximum atomic E-state index is 5.87. The standard InChI is InChI=1S/C13H23NO2/c1-13(4-6-15-7-5-13)9-14-11-8-10-2-3-12(11)16-10/h10-12,14H,2-9H2,1H3. The van der Waals surface area contributed by atoms with E-state index in [2.05, 4.69) is 12.2 Å². The second kappa shape index (κ2) is 4.28. The van der Waals surface area contributed by atoms with Crippen molar-refractivity contribution in [1.82, 2.24) is 5.32 Å². The first-order valence-corrected chi connectivity index (χ1v) is 6.72. The first kappa shape index (κ1) is 11.0. The minimum atomic E-state index is 0.445. The highest BCUT2D eigenvalue weighted by molar-refractivity contribution is 4.95. The lowest BCUT2D eigenvalue weighted by molar-refractivity contribution is 0.0213. The largest absolute Gasteiger partial charge is 0.381 e. The second-order valence-electron chi connectivity index (χ2n) is 6.02. The maximum Gasteiger partial charge on any atom is 0.0733 e. The Morgan fingerprint density at radius 1 is 1.25 bits per heavy atom. The minimum absolute atomic E-state index is 0.445. The molecule has 3 fully saturated rings. The van der Waals surface area contributed by atoms with Gasteiger partial charge in [-0.05, 0) is 37.5 Å². The van der Waals surface area contributed by atoms with E-state index in [1.54, 1.807) is 0 Å². The van der Waals surface area contributed by atoms with E-state index in [4.69, 9.17) is 9.47 Å². The Morgan fingerprint density at radius 2 is 2.06 bits per heavy atom. The van der Waals surface area contributed by atoms with Gasteiger partial charge in [0.2, 0.25) is 0 Å². The molecule has 0 aromatic rings. The lowest BCUT2D eigenvalue weighted by Crippen LogP contribution is -2.44. The summed E-state index contributed by atoms with van der Waals surface area (Å²) in [5.74, 6) is 0. The summed E-state index contributed by atoms with van der Waals surface area (Å²) in [6.45, 7) is 5.39. The molecule has 16 heavy (non-hydrogen) atoms. The van der Waals surface area contributed by atoms with Crippen molar-refractivity contribution >= 4 is 0 Å². The van der Waals surface area contributed by atoms with Gasteiger partial charge in [-0.3, -0.25) is 0 Å². The summed E-state index contributed by atoms with van der Waals surface area (Å²) in [4.78, 5) is 0. The Morgan fingerprint density at radius 3 is 2.69 bits per heavy atom. The van der Waals surface area contributed by atoms with Crippen LogP contribution in [0.4, 0.5) is 0 Å². The number of fused-ring (bicyclic) bond motifs is 2. The van der Waals surface area contributed by atoms with Gasteiger partial charge in [0.05, 0.1) is 12.2 Å². The molecule has 0 aliphatic carbocycles. The predicted molar refractivity (Wildman–Crippen MR) is 62.5 cm³/mol. The van der Waals surface area contributed by atoms with E-state index in [0.29, 0.717) is 23.7 Å². The molecule has 3 rings (SSSR count). The Hall–Kier alpha value is -0.120. The zero-order valence-electron chi connectivity index (χ0n) is 10.2. The number of hydrogen-bond acceptors (Lipinski definition) is 3. The molecule has 3 aliphatic heterocycles. The fraction of sp³-hybridized carbons (Fsp3) is 1.00. The van der Waals surface area contributed by atoms with Crippen LogP contribution in [0.3, 0.4) is 0 Å². The van der Waals surface area contributed by atoms with Crippen LogP contribution in [0.25, 0.3) is 0 Å². The lowest BCUT2D eigenvalue weighted by Gasteiger charge is -2.35. The molecule has 2 bridgehead atoms. The number of rotatable bonds is 3.